The molecule has 0 saturated heterocycles. The number of benzene rings is 1. The predicted octanol–water partition coefficient (Wildman–Crippen LogP) is 3.02. The molecule has 0 aliphatic carbocycles. The van der Waals surface area contributed by atoms with Crippen molar-refractivity contribution in [1.82, 2.24) is 0 Å². The second kappa shape index (κ2) is 4.18. The summed E-state index contributed by atoms with van der Waals surface area (Å²) in [6.07, 6.45) is 2.12. The zero-order valence-electron chi connectivity index (χ0n) is 9.04. The summed E-state index contributed by atoms with van der Waals surface area (Å²) < 4.78 is 10.4. The van der Waals surface area contributed by atoms with Crippen molar-refractivity contribution in [2.45, 2.75) is 13.3 Å². The Morgan fingerprint density at radius 2 is 2.19 bits per heavy atom. The van der Waals surface area contributed by atoms with Crippen LogP contribution in [0.5, 0.6) is 5.75 Å². The van der Waals surface area contributed by atoms with Gasteiger partial charge in [-0.3, -0.25) is 4.79 Å². The van der Waals surface area contributed by atoms with Crippen LogP contribution in [-0.2, 0) is 6.42 Å². The lowest BCUT2D eigenvalue weighted by atomic mass is 10.1. The third-order valence-corrected chi connectivity index (χ3v) is 2.79. The molecule has 0 radical (unpaired) electrons. The molecule has 3 nitrogen and oxygen atoms in total. The fourth-order valence-electron chi connectivity index (χ4n) is 1.57. The Morgan fingerprint density at radius 1 is 1.44 bits per heavy atom. The van der Waals surface area contributed by atoms with Crippen LogP contribution in [0.3, 0.4) is 0 Å². The van der Waals surface area contributed by atoms with Gasteiger partial charge >= 0.3 is 0 Å². The quantitative estimate of drug-likeness (QED) is 0.807. The lowest BCUT2D eigenvalue weighted by Crippen LogP contribution is -2.07. The van der Waals surface area contributed by atoms with Crippen molar-refractivity contribution in [2.24, 2.45) is 0 Å². The van der Waals surface area contributed by atoms with Crippen LogP contribution in [0.1, 0.15) is 12.5 Å². The molecule has 0 bridgehead atoms. The summed E-state index contributed by atoms with van der Waals surface area (Å²) in [4.78, 5) is 12.0. The summed E-state index contributed by atoms with van der Waals surface area (Å²) in [6.45, 7) is 1.91. The Balaban J connectivity index is 2.81. The molecule has 0 spiro atoms. The summed E-state index contributed by atoms with van der Waals surface area (Å²) >= 11 is 5.97. The van der Waals surface area contributed by atoms with Crippen LogP contribution in [0.15, 0.2) is 27.6 Å². The van der Waals surface area contributed by atoms with Crippen molar-refractivity contribution in [3.63, 3.8) is 0 Å². The number of hydrogen-bond acceptors (Lipinski definition) is 3. The highest BCUT2D eigenvalue weighted by molar-refractivity contribution is 6.32. The lowest BCUT2D eigenvalue weighted by molar-refractivity contribution is 0.414. The first-order valence-electron chi connectivity index (χ1n) is 4.95. The van der Waals surface area contributed by atoms with Crippen molar-refractivity contribution in [2.75, 3.05) is 7.11 Å². The average Bonchev–Trinajstić information content (AvgIpc) is 2.30. The van der Waals surface area contributed by atoms with E-state index in [-0.39, 0.29) is 5.43 Å². The van der Waals surface area contributed by atoms with E-state index < -0.39 is 0 Å². The predicted molar refractivity (Wildman–Crippen MR) is 63.4 cm³/mol. The normalized spacial score (nSPS) is 10.7. The maximum atomic E-state index is 12.0. The van der Waals surface area contributed by atoms with Gasteiger partial charge < -0.3 is 9.15 Å². The fourth-order valence-corrected chi connectivity index (χ4v) is 1.81. The van der Waals surface area contributed by atoms with Crippen LogP contribution >= 0.6 is 11.6 Å². The minimum atomic E-state index is -0.0340. The van der Waals surface area contributed by atoms with E-state index in [1.54, 1.807) is 12.1 Å². The van der Waals surface area contributed by atoms with E-state index >= 15 is 0 Å². The molecule has 0 saturated carbocycles. The van der Waals surface area contributed by atoms with Crippen LogP contribution in [-0.4, -0.2) is 7.11 Å². The maximum absolute atomic E-state index is 12.0. The van der Waals surface area contributed by atoms with Crippen LogP contribution in [0.2, 0.25) is 5.02 Å². The van der Waals surface area contributed by atoms with Crippen molar-refractivity contribution in [1.29, 1.82) is 0 Å². The second-order valence-corrected chi connectivity index (χ2v) is 3.83. The molecule has 0 aliphatic heterocycles. The topological polar surface area (TPSA) is 39.4 Å². The average molecular weight is 239 g/mol. The van der Waals surface area contributed by atoms with Crippen molar-refractivity contribution >= 4 is 22.6 Å². The molecule has 0 aliphatic rings. The number of ether oxygens (including phenoxy) is 1. The zero-order chi connectivity index (χ0) is 11.7. The Kier molecular flexibility index (Phi) is 2.88. The molecule has 84 valence electrons. The van der Waals surface area contributed by atoms with E-state index in [9.17, 15) is 4.79 Å². The van der Waals surface area contributed by atoms with E-state index in [0.717, 1.165) is 0 Å². The van der Waals surface area contributed by atoms with Gasteiger partial charge in [0, 0.05) is 11.6 Å². The smallest absolute Gasteiger partial charge is 0.195 e. The summed E-state index contributed by atoms with van der Waals surface area (Å²) in [5.41, 5.74) is 1.10. The van der Waals surface area contributed by atoms with Gasteiger partial charge in [0.1, 0.15) is 11.3 Å². The fraction of sp³-hybridized carbons (Fsp3) is 0.250. The standard InChI is InChI=1S/C12H11ClO3/c1-3-7-6-16-10-5-11(15-2)9(13)4-8(10)12(7)14/h4-6H,3H2,1-2H3. The summed E-state index contributed by atoms with van der Waals surface area (Å²) in [7, 11) is 1.52. The third-order valence-electron chi connectivity index (χ3n) is 2.50. The van der Waals surface area contributed by atoms with Gasteiger partial charge in [-0.05, 0) is 12.5 Å². The van der Waals surface area contributed by atoms with E-state index in [1.165, 1.54) is 13.4 Å². The number of rotatable bonds is 2. The SMILES string of the molecule is CCc1coc2cc(OC)c(Cl)cc2c1=O. The lowest BCUT2D eigenvalue weighted by Gasteiger charge is -2.05. The van der Waals surface area contributed by atoms with Crippen molar-refractivity contribution in [3.05, 3.63) is 39.2 Å². The van der Waals surface area contributed by atoms with Crippen molar-refractivity contribution < 1.29 is 9.15 Å². The minimum absolute atomic E-state index is 0.0340. The first-order valence-corrected chi connectivity index (χ1v) is 5.33. The highest BCUT2D eigenvalue weighted by Crippen LogP contribution is 2.28. The van der Waals surface area contributed by atoms with Gasteiger partial charge in [-0.15, -0.1) is 0 Å². The molecule has 2 aromatic rings. The Bertz CT molecular complexity index is 587. The van der Waals surface area contributed by atoms with Gasteiger partial charge in [-0.1, -0.05) is 18.5 Å². The van der Waals surface area contributed by atoms with Gasteiger partial charge in [0.25, 0.3) is 0 Å². The maximum Gasteiger partial charge on any atom is 0.195 e. The molecule has 1 heterocycles. The zero-order valence-corrected chi connectivity index (χ0v) is 9.80. The number of aryl methyl sites for hydroxylation is 1. The van der Waals surface area contributed by atoms with E-state index in [4.69, 9.17) is 20.8 Å². The summed E-state index contributed by atoms with van der Waals surface area (Å²) in [5.74, 6) is 0.501. The molecule has 2 rings (SSSR count). The highest BCUT2D eigenvalue weighted by Gasteiger charge is 2.09. The molecular formula is C12H11ClO3. The van der Waals surface area contributed by atoms with Crippen LogP contribution in [0, 0.1) is 0 Å². The molecule has 0 amide bonds. The molecule has 0 unspecified atom stereocenters. The van der Waals surface area contributed by atoms with Gasteiger partial charge in [0.2, 0.25) is 0 Å². The Labute approximate surface area is 97.6 Å². The molecule has 1 aromatic heterocycles. The molecule has 0 fully saturated rings. The minimum Gasteiger partial charge on any atom is -0.495 e. The van der Waals surface area contributed by atoms with Crippen molar-refractivity contribution in [3.8, 4) is 5.75 Å². The van der Waals surface area contributed by atoms with Crippen LogP contribution in [0.4, 0.5) is 0 Å². The van der Waals surface area contributed by atoms with Crippen LogP contribution < -0.4 is 10.2 Å². The Hall–Kier alpha value is -1.48. The number of hydrogen-bond donors (Lipinski definition) is 0. The third kappa shape index (κ3) is 1.67. The van der Waals surface area contributed by atoms with E-state index in [1.807, 2.05) is 6.92 Å². The highest BCUT2D eigenvalue weighted by atomic mass is 35.5. The Morgan fingerprint density at radius 3 is 2.81 bits per heavy atom. The molecule has 4 heteroatoms. The molecule has 16 heavy (non-hydrogen) atoms. The number of methoxy groups -OCH3 is 1. The largest absolute Gasteiger partial charge is 0.495 e. The van der Waals surface area contributed by atoms with Gasteiger partial charge in [0.15, 0.2) is 5.43 Å². The van der Waals surface area contributed by atoms with E-state index in [2.05, 4.69) is 0 Å². The van der Waals surface area contributed by atoms with Gasteiger partial charge in [0.05, 0.1) is 23.8 Å². The summed E-state index contributed by atoms with van der Waals surface area (Å²) in [6, 6.07) is 3.21. The monoisotopic (exact) mass is 238 g/mol. The summed E-state index contributed by atoms with van der Waals surface area (Å²) in [5, 5.41) is 0.903. The number of fused-ring (bicyclic) bond motifs is 1. The van der Waals surface area contributed by atoms with E-state index in [0.29, 0.717) is 33.7 Å². The first kappa shape index (κ1) is 11.0. The molecule has 0 atom stereocenters. The van der Waals surface area contributed by atoms with Crippen LogP contribution in [0.25, 0.3) is 11.0 Å². The van der Waals surface area contributed by atoms with Gasteiger partial charge in [-0.25, -0.2) is 0 Å². The first-order chi connectivity index (χ1) is 7.67. The molecule has 0 N–H and O–H groups in total. The van der Waals surface area contributed by atoms with Gasteiger partial charge in [-0.2, -0.15) is 0 Å². The molecule has 1 aromatic carbocycles. The second-order valence-electron chi connectivity index (χ2n) is 3.43. The number of halogens is 1. The molecular weight excluding hydrogens is 228 g/mol.